The molecule has 0 amide bonds. The van der Waals surface area contributed by atoms with Gasteiger partial charge in [0.15, 0.2) is 0 Å². The lowest BCUT2D eigenvalue weighted by atomic mass is 9.92. The topological polar surface area (TPSA) is 47.5 Å². The summed E-state index contributed by atoms with van der Waals surface area (Å²) in [5.74, 6) is 1.60. The van der Waals surface area contributed by atoms with E-state index in [9.17, 15) is 0 Å². The average molecular weight is 263 g/mol. The van der Waals surface area contributed by atoms with Gasteiger partial charge in [0, 0.05) is 39.2 Å². The van der Waals surface area contributed by atoms with Crippen LogP contribution in [0.3, 0.4) is 0 Å². The van der Waals surface area contributed by atoms with Crippen LogP contribution in [-0.4, -0.2) is 49.0 Å². The Morgan fingerprint density at radius 1 is 1.53 bits per heavy atom. The first-order chi connectivity index (χ1) is 9.31. The number of methoxy groups -OCH3 is 1. The highest BCUT2D eigenvalue weighted by molar-refractivity contribution is 5.38. The monoisotopic (exact) mass is 263 g/mol. The summed E-state index contributed by atoms with van der Waals surface area (Å²) in [6.45, 7) is 3.65. The van der Waals surface area contributed by atoms with E-state index in [-0.39, 0.29) is 5.60 Å². The van der Waals surface area contributed by atoms with Crippen LogP contribution in [0, 0.1) is 5.92 Å². The average Bonchev–Trinajstić information content (AvgIpc) is 3.05. The number of nitrogens with zero attached hydrogens (tertiary/aromatic N) is 3. The molecule has 1 aromatic rings. The van der Waals surface area contributed by atoms with Gasteiger partial charge in [0.1, 0.15) is 5.82 Å². The zero-order chi connectivity index (χ0) is 13.1. The summed E-state index contributed by atoms with van der Waals surface area (Å²) in [5, 5.41) is 0. The van der Waals surface area contributed by atoms with E-state index in [1.165, 1.54) is 0 Å². The van der Waals surface area contributed by atoms with Crippen molar-refractivity contribution in [2.24, 2.45) is 5.92 Å². The Morgan fingerprint density at radius 2 is 2.47 bits per heavy atom. The minimum absolute atomic E-state index is 0.0376. The van der Waals surface area contributed by atoms with E-state index in [2.05, 4.69) is 14.9 Å². The third kappa shape index (κ3) is 2.72. The first kappa shape index (κ1) is 12.8. The molecule has 5 nitrogen and oxygen atoms in total. The Balaban J connectivity index is 1.60. The fraction of sp³-hybridized carbons (Fsp3) is 0.714. The maximum atomic E-state index is 6.12. The van der Waals surface area contributed by atoms with E-state index in [1.807, 2.05) is 6.20 Å². The molecule has 2 fully saturated rings. The SMILES string of the molecule is COCCC1COC2(CCN(c3cnccn3)C2)C1. The Bertz CT molecular complexity index is 414. The van der Waals surface area contributed by atoms with Crippen molar-refractivity contribution in [3.05, 3.63) is 18.6 Å². The number of hydrogen-bond acceptors (Lipinski definition) is 5. The van der Waals surface area contributed by atoms with Crippen LogP contribution in [0.15, 0.2) is 18.6 Å². The van der Waals surface area contributed by atoms with Crippen molar-refractivity contribution < 1.29 is 9.47 Å². The van der Waals surface area contributed by atoms with E-state index in [1.54, 1.807) is 19.5 Å². The number of anilines is 1. The molecule has 2 unspecified atom stereocenters. The predicted octanol–water partition coefficient (Wildman–Crippen LogP) is 1.50. The summed E-state index contributed by atoms with van der Waals surface area (Å²) in [6, 6.07) is 0. The molecule has 0 radical (unpaired) electrons. The summed E-state index contributed by atoms with van der Waals surface area (Å²) >= 11 is 0. The van der Waals surface area contributed by atoms with E-state index in [0.29, 0.717) is 5.92 Å². The molecule has 3 heterocycles. The summed E-state index contributed by atoms with van der Waals surface area (Å²) in [7, 11) is 1.76. The van der Waals surface area contributed by atoms with Crippen molar-refractivity contribution in [3.8, 4) is 0 Å². The van der Waals surface area contributed by atoms with Crippen LogP contribution >= 0.6 is 0 Å². The molecule has 0 aromatic carbocycles. The van der Waals surface area contributed by atoms with Gasteiger partial charge in [0.2, 0.25) is 0 Å². The summed E-state index contributed by atoms with van der Waals surface area (Å²) in [4.78, 5) is 10.8. The van der Waals surface area contributed by atoms with Crippen LogP contribution in [0.25, 0.3) is 0 Å². The third-order valence-corrected chi connectivity index (χ3v) is 4.21. The Labute approximate surface area is 113 Å². The fourth-order valence-electron chi connectivity index (χ4n) is 3.19. The standard InChI is InChI=1S/C14H21N3O2/c1-18-7-2-12-8-14(19-10-12)3-6-17(11-14)13-9-15-4-5-16-13/h4-5,9,12H,2-3,6-8,10-11H2,1H3. The molecular formula is C14H21N3O2. The molecule has 104 valence electrons. The molecule has 0 bridgehead atoms. The first-order valence-corrected chi connectivity index (χ1v) is 6.95. The molecule has 1 spiro atoms. The number of aromatic nitrogens is 2. The molecule has 0 N–H and O–H groups in total. The molecule has 19 heavy (non-hydrogen) atoms. The Hall–Kier alpha value is -1.20. The molecule has 5 heteroatoms. The number of rotatable bonds is 4. The van der Waals surface area contributed by atoms with Crippen molar-refractivity contribution in [3.63, 3.8) is 0 Å². The molecule has 2 atom stereocenters. The van der Waals surface area contributed by atoms with Crippen molar-refractivity contribution >= 4 is 5.82 Å². The highest BCUT2D eigenvalue weighted by Gasteiger charge is 2.45. The predicted molar refractivity (Wildman–Crippen MR) is 72.1 cm³/mol. The van der Waals surface area contributed by atoms with Crippen molar-refractivity contribution in [1.82, 2.24) is 9.97 Å². The van der Waals surface area contributed by atoms with Gasteiger partial charge < -0.3 is 14.4 Å². The molecule has 2 saturated heterocycles. The van der Waals surface area contributed by atoms with Crippen LogP contribution in [0.2, 0.25) is 0 Å². The Morgan fingerprint density at radius 3 is 3.26 bits per heavy atom. The largest absolute Gasteiger partial charge is 0.385 e. The zero-order valence-electron chi connectivity index (χ0n) is 11.4. The van der Waals surface area contributed by atoms with Gasteiger partial charge in [-0.2, -0.15) is 0 Å². The third-order valence-electron chi connectivity index (χ3n) is 4.21. The highest BCUT2D eigenvalue weighted by atomic mass is 16.5. The van der Waals surface area contributed by atoms with Gasteiger partial charge in [-0.25, -0.2) is 4.98 Å². The van der Waals surface area contributed by atoms with E-state index < -0.39 is 0 Å². The smallest absolute Gasteiger partial charge is 0.147 e. The lowest BCUT2D eigenvalue weighted by molar-refractivity contribution is 0.0213. The van der Waals surface area contributed by atoms with Crippen LogP contribution in [0.5, 0.6) is 0 Å². The van der Waals surface area contributed by atoms with Gasteiger partial charge in [0.25, 0.3) is 0 Å². The molecule has 0 aliphatic carbocycles. The van der Waals surface area contributed by atoms with Crippen molar-refractivity contribution in [2.75, 3.05) is 38.3 Å². The van der Waals surface area contributed by atoms with Gasteiger partial charge in [0.05, 0.1) is 18.4 Å². The van der Waals surface area contributed by atoms with E-state index in [4.69, 9.17) is 9.47 Å². The summed E-state index contributed by atoms with van der Waals surface area (Å²) in [5.41, 5.74) is 0.0376. The summed E-state index contributed by atoms with van der Waals surface area (Å²) < 4.78 is 11.3. The van der Waals surface area contributed by atoms with Crippen molar-refractivity contribution in [2.45, 2.75) is 24.9 Å². The van der Waals surface area contributed by atoms with Gasteiger partial charge >= 0.3 is 0 Å². The van der Waals surface area contributed by atoms with Gasteiger partial charge in [-0.15, -0.1) is 0 Å². The van der Waals surface area contributed by atoms with Crippen LogP contribution in [0.4, 0.5) is 5.82 Å². The molecule has 2 aliphatic heterocycles. The van der Waals surface area contributed by atoms with Gasteiger partial charge in [-0.3, -0.25) is 4.98 Å². The minimum atomic E-state index is 0.0376. The van der Waals surface area contributed by atoms with E-state index >= 15 is 0 Å². The van der Waals surface area contributed by atoms with Crippen LogP contribution < -0.4 is 4.90 Å². The maximum absolute atomic E-state index is 6.12. The summed E-state index contributed by atoms with van der Waals surface area (Å²) in [6.07, 6.45) is 8.62. The minimum Gasteiger partial charge on any atom is -0.385 e. The van der Waals surface area contributed by atoms with Crippen molar-refractivity contribution in [1.29, 1.82) is 0 Å². The first-order valence-electron chi connectivity index (χ1n) is 6.95. The van der Waals surface area contributed by atoms with Crippen LogP contribution in [-0.2, 0) is 9.47 Å². The maximum Gasteiger partial charge on any atom is 0.147 e. The molecule has 1 aromatic heterocycles. The molecule has 2 aliphatic rings. The fourth-order valence-corrected chi connectivity index (χ4v) is 3.19. The molecular weight excluding hydrogens is 242 g/mol. The van der Waals surface area contributed by atoms with Gasteiger partial charge in [-0.1, -0.05) is 0 Å². The van der Waals surface area contributed by atoms with Gasteiger partial charge in [-0.05, 0) is 25.2 Å². The highest BCUT2D eigenvalue weighted by Crippen LogP contribution is 2.39. The molecule has 3 rings (SSSR count). The quantitative estimate of drug-likeness (QED) is 0.824. The normalized spacial score (nSPS) is 30.4. The van der Waals surface area contributed by atoms with E-state index in [0.717, 1.165) is 51.4 Å². The second kappa shape index (κ2) is 5.43. The second-order valence-electron chi connectivity index (χ2n) is 5.58. The second-order valence-corrected chi connectivity index (χ2v) is 5.58. The zero-order valence-corrected chi connectivity index (χ0v) is 11.4. The van der Waals surface area contributed by atoms with Crippen LogP contribution in [0.1, 0.15) is 19.3 Å². The lowest BCUT2D eigenvalue weighted by Crippen LogP contribution is -2.33. The molecule has 0 saturated carbocycles. The number of ether oxygens (including phenoxy) is 2. The lowest BCUT2D eigenvalue weighted by Gasteiger charge is -2.23. The number of hydrogen-bond donors (Lipinski definition) is 0. The Kier molecular flexibility index (Phi) is 3.66.